The van der Waals surface area contributed by atoms with Crippen LogP contribution in [-0.4, -0.2) is 52.5 Å². The van der Waals surface area contributed by atoms with Crippen molar-refractivity contribution in [1.29, 1.82) is 0 Å². The molecule has 0 aromatic heterocycles. The van der Waals surface area contributed by atoms with E-state index < -0.39 is 7.82 Å². The van der Waals surface area contributed by atoms with Gasteiger partial charge < -0.3 is 4.48 Å². The van der Waals surface area contributed by atoms with Gasteiger partial charge in [-0.2, -0.15) is 0 Å². The quantitative estimate of drug-likeness (QED) is 0.294. The van der Waals surface area contributed by atoms with Crippen molar-refractivity contribution < 1.29 is 22.6 Å². The van der Waals surface area contributed by atoms with Crippen LogP contribution in [-0.2, 0) is 18.1 Å². The van der Waals surface area contributed by atoms with Gasteiger partial charge in [-0.25, -0.2) is 4.57 Å². The Balaban J connectivity index is 3.75. The number of unbranched alkanes of at least 4 members (excludes halogenated alkanes) is 5. The largest absolute Gasteiger partial charge is 0.474 e. The monoisotopic (exact) mass is 310 g/mol. The summed E-state index contributed by atoms with van der Waals surface area (Å²) in [6.07, 6.45) is 6.99. The Hall–Kier alpha value is 0.0700. The second-order valence-corrected chi connectivity index (χ2v) is 7.85. The molecule has 0 bridgehead atoms. The zero-order valence-corrected chi connectivity index (χ0v) is 14.8. The van der Waals surface area contributed by atoms with Gasteiger partial charge in [-0.1, -0.05) is 39.0 Å². The van der Waals surface area contributed by atoms with E-state index in [1.54, 1.807) is 0 Å². The molecule has 0 aromatic carbocycles. The molecule has 0 spiro atoms. The van der Waals surface area contributed by atoms with Crippen molar-refractivity contribution in [2.45, 2.75) is 45.4 Å². The lowest BCUT2D eigenvalue weighted by Gasteiger charge is -2.24. The molecule has 1 unspecified atom stereocenters. The highest BCUT2D eigenvalue weighted by Crippen LogP contribution is 2.48. The predicted molar refractivity (Wildman–Crippen MR) is 82.8 cm³/mol. The third-order valence-corrected chi connectivity index (χ3v) is 4.43. The van der Waals surface area contributed by atoms with Crippen LogP contribution in [0.2, 0.25) is 0 Å². The van der Waals surface area contributed by atoms with Crippen molar-refractivity contribution in [3.05, 3.63) is 0 Å². The van der Waals surface area contributed by atoms with E-state index in [2.05, 4.69) is 28.1 Å². The average Bonchev–Trinajstić information content (AvgIpc) is 2.36. The van der Waals surface area contributed by atoms with Gasteiger partial charge >= 0.3 is 7.82 Å². The van der Waals surface area contributed by atoms with Crippen molar-refractivity contribution in [1.82, 2.24) is 0 Å². The van der Waals surface area contributed by atoms with Gasteiger partial charge in [-0.15, -0.1) is 0 Å². The van der Waals surface area contributed by atoms with Crippen LogP contribution in [0.3, 0.4) is 0 Å². The van der Waals surface area contributed by atoms with Crippen molar-refractivity contribution in [3.63, 3.8) is 0 Å². The van der Waals surface area contributed by atoms with E-state index in [-0.39, 0.29) is 0 Å². The number of hydrogen-bond acceptors (Lipinski definition) is 4. The normalized spacial score (nSPS) is 15.2. The van der Waals surface area contributed by atoms with E-state index in [4.69, 9.17) is 13.6 Å². The number of rotatable bonds is 13. The minimum Gasteiger partial charge on any atom is -0.329 e. The lowest BCUT2D eigenvalue weighted by Crippen LogP contribution is -2.37. The van der Waals surface area contributed by atoms with Crippen LogP contribution in [0.15, 0.2) is 0 Å². The van der Waals surface area contributed by atoms with Crippen molar-refractivity contribution in [2.75, 3.05) is 48.0 Å². The Labute approximate surface area is 124 Å². The topological polar surface area (TPSA) is 44.8 Å². The second kappa shape index (κ2) is 10.7. The third kappa shape index (κ3) is 11.9. The van der Waals surface area contributed by atoms with Crippen LogP contribution in [0.5, 0.6) is 0 Å². The van der Waals surface area contributed by atoms with Gasteiger partial charge in [0.05, 0.1) is 27.7 Å². The SMILES string of the molecule is CCCCCCCCOP(=O)(OC)OCC[N+](C)(C)C. The van der Waals surface area contributed by atoms with Crippen molar-refractivity contribution in [2.24, 2.45) is 0 Å². The molecular formula is C14H33NO4P+. The molecule has 20 heavy (non-hydrogen) atoms. The molecule has 6 heteroatoms. The molecule has 0 saturated heterocycles. The van der Waals surface area contributed by atoms with E-state index in [0.29, 0.717) is 13.2 Å². The first-order valence-electron chi connectivity index (χ1n) is 7.58. The van der Waals surface area contributed by atoms with Crippen LogP contribution < -0.4 is 0 Å². The first-order valence-corrected chi connectivity index (χ1v) is 9.04. The summed E-state index contributed by atoms with van der Waals surface area (Å²) < 4.78 is 28.4. The Bertz CT molecular complexity index is 279. The Morgan fingerprint density at radius 1 is 0.900 bits per heavy atom. The fourth-order valence-corrected chi connectivity index (χ4v) is 2.57. The van der Waals surface area contributed by atoms with Crippen LogP contribution >= 0.6 is 7.82 Å². The summed E-state index contributed by atoms with van der Waals surface area (Å²) >= 11 is 0. The molecule has 0 aliphatic carbocycles. The molecule has 0 aromatic rings. The molecule has 0 amide bonds. The summed E-state index contributed by atoms with van der Waals surface area (Å²) in [7, 11) is 4.17. The maximum absolute atomic E-state index is 12.1. The molecular weight excluding hydrogens is 277 g/mol. The fraction of sp³-hybridized carbons (Fsp3) is 1.00. The summed E-state index contributed by atoms with van der Waals surface area (Å²) in [6, 6.07) is 0. The Kier molecular flexibility index (Phi) is 10.8. The van der Waals surface area contributed by atoms with E-state index >= 15 is 0 Å². The number of hydrogen-bond donors (Lipinski definition) is 0. The number of phosphoric acid groups is 1. The molecule has 5 nitrogen and oxygen atoms in total. The summed E-state index contributed by atoms with van der Waals surface area (Å²) in [6.45, 7) is 3.76. The fourth-order valence-electron chi connectivity index (χ4n) is 1.63. The van der Waals surface area contributed by atoms with E-state index in [1.165, 1.54) is 32.8 Å². The summed E-state index contributed by atoms with van der Waals surface area (Å²) in [5.74, 6) is 0. The second-order valence-electron chi connectivity index (χ2n) is 6.08. The van der Waals surface area contributed by atoms with Gasteiger partial charge in [0.2, 0.25) is 0 Å². The minimum atomic E-state index is -3.36. The average molecular weight is 310 g/mol. The Morgan fingerprint density at radius 3 is 2.00 bits per heavy atom. The van der Waals surface area contributed by atoms with E-state index in [1.807, 2.05) is 0 Å². The highest BCUT2D eigenvalue weighted by molar-refractivity contribution is 7.48. The highest BCUT2D eigenvalue weighted by atomic mass is 31.2. The van der Waals surface area contributed by atoms with Crippen LogP contribution in [0.4, 0.5) is 0 Å². The van der Waals surface area contributed by atoms with Crippen LogP contribution in [0.25, 0.3) is 0 Å². The number of nitrogens with zero attached hydrogens (tertiary/aromatic N) is 1. The summed E-state index contributed by atoms with van der Waals surface area (Å²) in [5.41, 5.74) is 0. The molecule has 0 aliphatic rings. The molecule has 0 heterocycles. The first kappa shape index (κ1) is 20.1. The zero-order valence-electron chi connectivity index (χ0n) is 13.9. The predicted octanol–water partition coefficient (Wildman–Crippen LogP) is 3.84. The highest BCUT2D eigenvalue weighted by Gasteiger charge is 2.25. The van der Waals surface area contributed by atoms with Gasteiger partial charge in [0.1, 0.15) is 13.2 Å². The standard InChI is InChI=1S/C14H33NO4P/c1-6-7-8-9-10-11-13-18-20(16,17-5)19-14-12-15(2,3)4/h6-14H2,1-5H3/q+1. The van der Waals surface area contributed by atoms with Crippen molar-refractivity contribution >= 4 is 7.82 Å². The number of quaternary nitrogens is 1. The molecule has 0 aliphatic heterocycles. The maximum Gasteiger partial charge on any atom is 0.474 e. The Morgan fingerprint density at radius 2 is 1.45 bits per heavy atom. The third-order valence-electron chi connectivity index (χ3n) is 2.98. The molecule has 1 atom stereocenters. The molecule has 0 N–H and O–H groups in total. The van der Waals surface area contributed by atoms with Crippen LogP contribution in [0.1, 0.15) is 45.4 Å². The lowest BCUT2D eigenvalue weighted by molar-refractivity contribution is -0.870. The zero-order chi connectivity index (χ0) is 15.5. The molecule has 0 saturated carbocycles. The number of likely N-dealkylation sites (N-methyl/N-ethyl adjacent to an activating group) is 1. The van der Waals surface area contributed by atoms with Gasteiger partial charge in [0.25, 0.3) is 0 Å². The maximum atomic E-state index is 12.1. The van der Waals surface area contributed by atoms with Crippen LogP contribution in [0, 0.1) is 0 Å². The molecule has 0 radical (unpaired) electrons. The summed E-state index contributed by atoms with van der Waals surface area (Å²) in [4.78, 5) is 0. The first-order chi connectivity index (χ1) is 9.33. The summed E-state index contributed by atoms with van der Waals surface area (Å²) in [5, 5.41) is 0. The van der Waals surface area contributed by atoms with Gasteiger partial charge in [0, 0.05) is 7.11 Å². The van der Waals surface area contributed by atoms with Gasteiger partial charge in [-0.3, -0.25) is 13.6 Å². The molecule has 0 fully saturated rings. The van der Waals surface area contributed by atoms with E-state index in [9.17, 15) is 4.57 Å². The number of phosphoric ester groups is 1. The van der Waals surface area contributed by atoms with Crippen molar-refractivity contribution in [3.8, 4) is 0 Å². The molecule has 0 rings (SSSR count). The van der Waals surface area contributed by atoms with Gasteiger partial charge in [0.15, 0.2) is 0 Å². The minimum absolute atomic E-state index is 0.366. The van der Waals surface area contributed by atoms with Gasteiger partial charge in [-0.05, 0) is 6.42 Å². The molecule has 122 valence electrons. The lowest BCUT2D eigenvalue weighted by atomic mass is 10.1. The smallest absolute Gasteiger partial charge is 0.329 e. The van der Waals surface area contributed by atoms with E-state index in [0.717, 1.165) is 23.9 Å².